The Balaban J connectivity index is 1.59. The van der Waals surface area contributed by atoms with Crippen LogP contribution in [0.15, 0.2) is 101 Å². The number of thioether (sulfide) groups is 1. The number of nitrogens with zero attached hydrogens (tertiary/aromatic N) is 3. The minimum absolute atomic E-state index is 0.0522. The van der Waals surface area contributed by atoms with Gasteiger partial charge >= 0.3 is 0 Å². The first-order valence-corrected chi connectivity index (χ1v) is 12.2. The number of benzene rings is 2. The van der Waals surface area contributed by atoms with Crippen molar-refractivity contribution < 1.29 is 14.3 Å². The van der Waals surface area contributed by atoms with Crippen LogP contribution >= 0.6 is 43.6 Å². The number of carbonyl (C=O) groups is 1. The highest BCUT2D eigenvalue weighted by Gasteiger charge is 2.33. The van der Waals surface area contributed by atoms with E-state index < -0.39 is 0 Å². The summed E-state index contributed by atoms with van der Waals surface area (Å²) in [4.78, 5) is 15.1. The highest BCUT2D eigenvalue weighted by molar-refractivity contribution is 9.11. The molecule has 2 heterocycles. The van der Waals surface area contributed by atoms with Gasteiger partial charge in [-0.25, -0.2) is 0 Å². The Bertz CT molecular complexity index is 1270. The van der Waals surface area contributed by atoms with Gasteiger partial charge in [-0.05, 0) is 63.6 Å². The van der Waals surface area contributed by atoms with Gasteiger partial charge < -0.3 is 9.52 Å². The number of halogens is 2. The minimum atomic E-state index is -0.184. The molecule has 0 atom stereocenters. The molecule has 0 bridgehead atoms. The average Bonchev–Trinajstić information content (AvgIpc) is 3.42. The number of rotatable bonds is 6. The maximum Gasteiger partial charge on any atom is 0.267 e. The van der Waals surface area contributed by atoms with E-state index in [-0.39, 0.29) is 18.2 Å². The molecule has 1 aromatic heterocycles. The molecule has 6 nitrogen and oxygen atoms in total. The van der Waals surface area contributed by atoms with Crippen LogP contribution in [-0.4, -0.2) is 27.3 Å². The molecule has 9 heteroatoms. The number of hydrogen-bond acceptors (Lipinski definition) is 6. The monoisotopic (exact) mass is 585 g/mol. The highest BCUT2D eigenvalue weighted by atomic mass is 79.9. The van der Waals surface area contributed by atoms with Crippen LogP contribution in [0.5, 0.6) is 5.75 Å². The van der Waals surface area contributed by atoms with Crippen LogP contribution in [0.2, 0.25) is 0 Å². The van der Waals surface area contributed by atoms with E-state index in [2.05, 4.69) is 42.1 Å². The van der Waals surface area contributed by atoms with Gasteiger partial charge in [-0.1, -0.05) is 58.4 Å². The number of hydrogen-bond donors (Lipinski definition) is 1. The first-order chi connectivity index (χ1) is 16.0. The van der Waals surface area contributed by atoms with Crippen molar-refractivity contribution in [3.63, 3.8) is 0 Å². The van der Waals surface area contributed by atoms with Gasteiger partial charge in [0.2, 0.25) is 0 Å². The van der Waals surface area contributed by atoms with Gasteiger partial charge in [-0.2, -0.15) is 5.10 Å². The van der Waals surface area contributed by atoms with E-state index in [0.717, 1.165) is 10.0 Å². The number of amides is 1. The van der Waals surface area contributed by atoms with Gasteiger partial charge in [0.15, 0.2) is 5.17 Å². The summed E-state index contributed by atoms with van der Waals surface area (Å²) in [6.45, 7) is 0.237. The second-order valence-corrected chi connectivity index (χ2v) is 9.61. The summed E-state index contributed by atoms with van der Waals surface area (Å²) < 4.78 is 6.72. The summed E-state index contributed by atoms with van der Waals surface area (Å²) >= 11 is 7.91. The third-order valence-electron chi connectivity index (χ3n) is 4.52. The molecule has 1 amide bonds. The largest absolute Gasteiger partial charge is 0.506 e. The molecule has 166 valence electrons. The van der Waals surface area contributed by atoms with Crippen LogP contribution in [0.1, 0.15) is 16.9 Å². The molecule has 0 saturated carbocycles. The summed E-state index contributed by atoms with van der Waals surface area (Å²) in [6, 6.07) is 16.9. The molecule has 0 unspecified atom stereocenters. The third-order valence-corrected chi connectivity index (χ3v) is 6.59. The summed E-state index contributed by atoms with van der Waals surface area (Å²) in [6.07, 6.45) is 8.53. The number of allylic oxidation sites excluding steroid dienone is 2. The van der Waals surface area contributed by atoms with Gasteiger partial charge in [-0.15, -0.1) is 5.10 Å². The molecular formula is C24H17Br2N3O3S. The summed E-state index contributed by atoms with van der Waals surface area (Å²) in [5.41, 5.74) is 1.52. The zero-order valence-corrected chi connectivity index (χ0v) is 21.0. The predicted octanol–water partition coefficient (Wildman–Crippen LogP) is 6.57. The fourth-order valence-corrected chi connectivity index (χ4v) is 5.07. The summed E-state index contributed by atoms with van der Waals surface area (Å²) in [5, 5.41) is 19.0. The molecular weight excluding hydrogens is 570 g/mol. The van der Waals surface area contributed by atoms with Crippen molar-refractivity contribution >= 4 is 67.0 Å². The van der Waals surface area contributed by atoms with Crippen molar-refractivity contribution in [2.75, 3.05) is 0 Å². The Morgan fingerprint density at radius 2 is 1.94 bits per heavy atom. The van der Waals surface area contributed by atoms with Crippen molar-refractivity contribution in [1.29, 1.82) is 0 Å². The zero-order valence-electron chi connectivity index (χ0n) is 17.1. The van der Waals surface area contributed by atoms with E-state index in [4.69, 9.17) is 4.42 Å². The number of furan rings is 1. The molecule has 1 N–H and O–H groups in total. The normalized spacial score (nSPS) is 16.8. The number of amidine groups is 1. The van der Waals surface area contributed by atoms with E-state index in [0.29, 0.717) is 25.9 Å². The highest BCUT2D eigenvalue weighted by Crippen LogP contribution is 2.33. The molecule has 0 radical (unpaired) electrons. The lowest BCUT2D eigenvalue weighted by Crippen LogP contribution is -2.28. The second-order valence-electron chi connectivity index (χ2n) is 6.83. The summed E-state index contributed by atoms with van der Waals surface area (Å²) in [7, 11) is 0. The minimum Gasteiger partial charge on any atom is -0.506 e. The lowest BCUT2D eigenvalue weighted by molar-refractivity contribution is -0.122. The number of carbonyl (C=O) groups excluding carboxylic acids is 1. The van der Waals surface area contributed by atoms with Gasteiger partial charge in [0.05, 0.1) is 28.4 Å². The molecule has 1 fully saturated rings. The van der Waals surface area contributed by atoms with E-state index >= 15 is 0 Å². The van der Waals surface area contributed by atoms with Crippen LogP contribution in [0, 0.1) is 0 Å². The summed E-state index contributed by atoms with van der Waals surface area (Å²) in [5.74, 6) is 0.503. The quantitative estimate of drug-likeness (QED) is 0.201. The first kappa shape index (κ1) is 23.3. The van der Waals surface area contributed by atoms with E-state index in [1.165, 1.54) is 22.9 Å². The molecule has 0 aliphatic carbocycles. The maximum atomic E-state index is 13.0. The lowest BCUT2D eigenvalue weighted by Gasteiger charge is -2.12. The van der Waals surface area contributed by atoms with E-state index in [1.54, 1.807) is 36.6 Å². The number of aromatic hydroxyl groups is 1. The SMILES string of the molecule is O=C1/C(=C/C=C/c2ccccc2)S/C(=N/N=C\c2cc(Br)cc(Br)c2O)N1Cc1ccco1. The fourth-order valence-electron chi connectivity index (χ4n) is 2.93. The second kappa shape index (κ2) is 10.8. The van der Waals surface area contributed by atoms with Crippen LogP contribution in [0.25, 0.3) is 6.08 Å². The predicted molar refractivity (Wildman–Crippen MR) is 139 cm³/mol. The number of phenolic OH excluding ortho intramolecular Hbond substituents is 1. The van der Waals surface area contributed by atoms with Crippen LogP contribution in [0.4, 0.5) is 0 Å². The molecule has 1 aliphatic heterocycles. The van der Waals surface area contributed by atoms with Gasteiger partial charge in [0.25, 0.3) is 5.91 Å². The Morgan fingerprint density at radius 1 is 1.12 bits per heavy atom. The molecule has 1 aliphatic rings. The van der Waals surface area contributed by atoms with Crippen LogP contribution < -0.4 is 0 Å². The average molecular weight is 587 g/mol. The molecule has 3 aromatic rings. The number of phenols is 1. The van der Waals surface area contributed by atoms with Crippen molar-refractivity contribution in [2.24, 2.45) is 10.2 Å². The van der Waals surface area contributed by atoms with Gasteiger partial charge in [0, 0.05) is 10.0 Å². The lowest BCUT2D eigenvalue weighted by atomic mass is 10.2. The first-order valence-electron chi connectivity index (χ1n) is 9.76. The fraction of sp³-hybridized carbons (Fsp3) is 0.0417. The van der Waals surface area contributed by atoms with Crippen molar-refractivity contribution in [3.05, 3.63) is 104 Å². The molecule has 2 aromatic carbocycles. The van der Waals surface area contributed by atoms with Crippen molar-refractivity contribution in [2.45, 2.75) is 6.54 Å². The Morgan fingerprint density at radius 3 is 2.70 bits per heavy atom. The van der Waals surface area contributed by atoms with Gasteiger partial charge in [-0.3, -0.25) is 9.69 Å². The molecule has 4 rings (SSSR count). The van der Waals surface area contributed by atoms with E-state index in [1.807, 2.05) is 42.5 Å². The topological polar surface area (TPSA) is 78.4 Å². The van der Waals surface area contributed by atoms with E-state index in [9.17, 15) is 9.90 Å². The molecule has 0 spiro atoms. The Hall–Kier alpha value is -2.88. The molecule has 33 heavy (non-hydrogen) atoms. The third kappa shape index (κ3) is 5.93. The van der Waals surface area contributed by atoms with Gasteiger partial charge in [0.1, 0.15) is 11.5 Å². The zero-order chi connectivity index (χ0) is 23.2. The standard InChI is InChI=1S/C24H17Br2N3O3S/c25-18-12-17(22(30)20(26)13-18)14-27-28-24-29(15-19-9-5-11-32-19)23(31)21(33-24)10-4-8-16-6-2-1-3-7-16/h1-14,30H,15H2/b8-4+,21-10-,27-14-,28-24+. The van der Waals surface area contributed by atoms with Crippen LogP contribution in [-0.2, 0) is 11.3 Å². The van der Waals surface area contributed by atoms with Crippen molar-refractivity contribution in [3.8, 4) is 5.75 Å². The maximum absolute atomic E-state index is 13.0. The van der Waals surface area contributed by atoms with Crippen LogP contribution in [0.3, 0.4) is 0 Å². The molecule has 1 saturated heterocycles. The smallest absolute Gasteiger partial charge is 0.267 e. The Kier molecular flexibility index (Phi) is 7.64. The Labute approximate surface area is 211 Å². The van der Waals surface area contributed by atoms with Crippen molar-refractivity contribution in [1.82, 2.24) is 4.90 Å².